The van der Waals surface area contributed by atoms with Crippen LogP contribution in [0.1, 0.15) is 145 Å². The molecule has 0 N–H and O–H groups in total. The van der Waals surface area contributed by atoms with Crippen molar-refractivity contribution < 1.29 is 13.5 Å². The van der Waals surface area contributed by atoms with Gasteiger partial charge in [-0.2, -0.15) is 0 Å². The first-order valence-electron chi connectivity index (χ1n) is 33.7. The molecule has 0 radical (unpaired) electrons. The summed E-state index contributed by atoms with van der Waals surface area (Å²) in [5.74, 6) is 1.58. The topological polar surface area (TPSA) is 15.7 Å². The van der Waals surface area contributed by atoms with E-state index >= 15 is 8.78 Å². The lowest BCUT2D eigenvalue weighted by atomic mass is 9.55. The highest BCUT2D eigenvalue weighted by Crippen LogP contribution is 2.65. The molecule has 12 atom stereocenters. The summed E-state index contributed by atoms with van der Waals surface area (Å²) in [5.41, 5.74) is 20.0. The monoisotopic (exact) mass is 1150 g/mol. The number of halogens is 2. The number of fused-ring (bicyclic) bond motifs is 8. The number of allylic oxidation sites excluding steroid dienone is 27. The Balaban J connectivity index is 0.760. The molecule has 12 unspecified atom stereocenters. The molecule has 0 amide bonds. The maximum Gasteiger partial charge on any atom is 0.123 e. The summed E-state index contributed by atoms with van der Waals surface area (Å²) in [6, 6.07) is 22.8. The fraction of sp³-hybridized carbons (Fsp3) is 0.390. The number of alkyl halides is 1. The van der Waals surface area contributed by atoms with E-state index in [-0.39, 0.29) is 41.2 Å². The van der Waals surface area contributed by atoms with E-state index in [0.29, 0.717) is 30.2 Å². The van der Waals surface area contributed by atoms with Crippen molar-refractivity contribution in [3.8, 4) is 0 Å². The molecule has 3 aromatic carbocycles. The highest BCUT2D eigenvalue weighted by Gasteiger charge is 2.58. The number of ether oxygens (including phenoxy) is 1. The first-order chi connectivity index (χ1) is 42.8. The van der Waals surface area contributed by atoms with Crippen LogP contribution >= 0.6 is 0 Å². The van der Waals surface area contributed by atoms with Gasteiger partial charge >= 0.3 is 0 Å². The van der Waals surface area contributed by atoms with Crippen LogP contribution in [-0.4, -0.2) is 24.4 Å². The van der Waals surface area contributed by atoms with Crippen molar-refractivity contribution in [1.82, 2.24) is 0 Å². The van der Waals surface area contributed by atoms with Crippen molar-refractivity contribution in [2.24, 2.45) is 35.5 Å². The Labute approximate surface area is 515 Å². The molecule has 0 bridgehead atoms. The molecule has 12 aliphatic carbocycles. The molecule has 0 aromatic heterocycles. The van der Waals surface area contributed by atoms with Crippen LogP contribution < -0.4 is 20.2 Å². The molecule has 13 aliphatic rings. The van der Waals surface area contributed by atoms with Crippen molar-refractivity contribution in [1.29, 1.82) is 0 Å². The second-order valence-electron chi connectivity index (χ2n) is 27.5. The Bertz CT molecular complexity index is 3910. The van der Waals surface area contributed by atoms with Gasteiger partial charge in [0.25, 0.3) is 0 Å². The average molecular weight is 1150 g/mol. The van der Waals surface area contributed by atoms with E-state index in [2.05, 4.69) is 181 Å². The first-order valence-corrected chi connectivity index (χ1v) is 33.7. The summed E-state index contributed by atoms with van der Waals surface area (Å²) in [6.07, 6.45) is 67.2. The van der Waals surface area contributed by atoms with Gasteiger partial charge < -0.3 is 14.5 Å². The van der Waals surface area contributed by atoms with Crippen molar-refractivity contribution in [2.45, 2.75) is 164 Å². The first kappa shape index (κ1) is 55.2. The van der Waals surface area contributed by atoms with Gasteiger partial charge in [0.05, 0.1) is 17.6 Å². The van der Waals surface area contributed by atoms with Gasteiger partial charge in [-0.3, -0.25) is 0 Å². The molecule has 87 heavy (non-hydrogen) atoms. The lowest BCUT2D eigenvalue weighted by molar-refractivity contribution is 0.0398. The van der Waals surface area contributed by atoms with E-state index in [0.717, 1.165) is 96.3 Å². The van der Waals surface area contributed by atoms with Crippen LogP contribution in [0.2, 0.25) is 0 Å². The summed E-state index contributed by atoms with van der Waals surface area (Å²) < 4.78 is 37.4. The van der Waals surface area contributed by atoms with Crippen LogP contribution in [0.4, 0.5) is 20.2 Å². The minimum atomic E-state index is -0.950. The molecule has 1 saturated carbocycles. The van der Waals surface area contributed by atoms with Crippen LogP contribution in [0, 0.1) is 41.3 Å². The average Bonchev–Trinajstić information content (AvgIpc) is 1.60. The lowest BCUT2D eigenvalue weighted by Gasteiger charge is -2.48. The van der Waals surface area contributed by atoms with Crippen LogP contribution in [0.5, 0.6) is 0 Å². The molecule has 2 fully saturated rings. The zero-order chi connectivity index (χ0) is 58.4. The van der Waals surface area contributed by atoms with Gasteiger partial charge in [0.2, 0.25) is 0 Å². The van der Waals surface area contributed by atoms with Gasteiger partial charge in [0, 0.05) is 64.1 Å². The van der Waals surface area contributed by atoms with Gasteiger partial charge in [-0.15, -0.1) is 6.58 Å². The maximum atomic E-state index is 15.2. The molecule has 1 heterocycles. The molecule has 3 nitrogen and oxygen atoms in total. The van der Waals surface area contributed by atoms with Gasteiger partial charge in [-0.1, -0.05) is 145 Å². The van der Waals surface area contributed by atoms with Crippen molar-refractivity contribution in [3.63, 3.8) is 0 Å². The van der Waals surface area contributed by atoms with Gasteiger partial charge in [0.15, 0.2) is 0 Å². The zero-order valence-electron chi connectivity index (χ0n) is 50.7. The van der Waals surface area contributed by atoms with E-state index < -0.39 is 11.6 Å². The standard InChI is InChI=1S/C82H84F2N2O/c1-3-53-23-28-57(29-24-53)81(59-32-36-61(83)37-33-59)75-21-13-11-19-69(75)71-44-41-67(51-77(71)81)85(63-15-7-5-8-16-63)65-40-27-55-49-80-73(48-56(55)47-65)74-50-66(43-46-79(74)87-80)86(64-17-9-6-10-18-64)68-42-45-72-70-20-12-14-22-76(70)82(78(72)52-68,60-34-38-62(84)39-35-60)58-30-25-54(4-2)26-31-58/h3-5,7,11,15,17,19,23,25,27,30-38,40-42,44-45,47-49,51-52,54,57,62,66,71,73-74,77,79-80H,1-2,6,8-10,12-14,16,18,20-22,24,26,28-29,39,43,46,50H2. The second-order valence-corrected chi connectivity index (χ2v) is 27.5. The number of hydrogen-bond acceptors (Lipinski definition) is 3. The third-order valence-electron chi connectivity index (χ3n) is 23.3. The summed E-state index contributed by atoms with van der Waals surface area (Å²) in [4.78, 5) is 5.41. The molecule has 0 spiro atoms. The smallest absolute Gasteiger partial charge is 0.123 e. The third kappa shape index (κ3) is 9.07. The summed E-state index contributed by atoms with van der Waals surface area (Å²) in [7, 11) is 0. The van der Waals surface area contributed by atoms with Gasteiger partial charge in [0.1, 0.15) is 12.0 Å². The Morgan fingerprint density at radius 2 is 1.52 bits per heavy atom. The predicted octanol–water partition coefficient (Wildman–Crippen LogP) is 18.6. The Morgan fingerprint density at radius 3 is 2.30 bits per heavy atom. The van der Waals surface area contributed by atoms with Crippen molar-refractivity contribution in [2.75, 3.05) is 9.80 Å². The highest BCUT2D eigenvalue weighted by molar-refractivity contribution is 5.88. The van der Waals surface area contributed by atoms with E-state index in [1.807, 2.05) is 12.2 Å². The summed E-state index contributed by atoms with van der Waals surface area (Å²) in [6.45, 7) is 8.36. The van der Waals surface area contributed by atoms with E-state index in [9.17, 15) is 0 Å². The van der Waals surface area contributed by atoms with Crippen LogP contribution in [0.25, 0.3) is 17.7 Å². The van der Waals surface area contributed by atoms with Crippen LogP contribution in [-0.2, 0) is 15.6 Å². The Kier molecular flexibility index (Phi) is 14.3. The number of nitrogens with zero attached hydrogens (tertiary/aromatic N) is 2. The summed E-state index contributed by atoms with van der Waals surface area (Å²) in [5, 5.41) is 2.57. The lowest BCUT2D eigenvalue weighted by Crippen LogP contribution is -2.44. The number of anilines is 2. The second kappa shape index (κ2) is 22.5. The Hall–Kier alpha value is -7.08. The molecule has 5 heteroatoms. The molecule has 3 aromatic rings. The molecule has 1 saturated heterocycles. The largest absolute Gasteiger partial charge is 0.370 e. The fourth-order valence-corrected chi connectivity index (χ4v) is 19.4. The van der Waals surface area contributed by atoms with E-state index in [1.54, 1.807) is 23.3 Å². The third-order valence-corrected chi connectivity index (χ3v) is 23.3. The van der Waals surface area contributed by atoms with E-state index in [1.165, 1.54) is 109 Å². The minimum Gasteiger partial charge on any atom is -0.370 e. The van der Waals surface area contributed by atoms with Crippen LogP contribution in [0.15, 0.2) is 234 Å². The number of benzene rings is 3. The molecule has 16 rings (SSSR count). The Morgan fingerprint density at radius 1 is 0.667 bits per heavy atom. The quantitative estimate of drug-likeness (QED) is 0.168. The SMILES string of the molecule is C=CC1=CCC(C2(c3ccc(F)cc3)C3=C(C=CCC3)C3C=CC(N(C4=CC=CCC4)c4ccc5c(c4)=CC4C(C=5)OC5CCC(N(C6=CCCCC6)c6ccc7c(c6)C(C6=CCC(F)C=C6)(C6=CCC(C=C)C=C6)C6=C7CCCC6)CC54)=CC32)CC1. The number of rotatable bonds is 12. The minimum absolute atomic E-state index is 0.0469. The zero-order valence-corrected chi connectivity index (χ0v) is 50.7. The molecule has 442 valence electrons. The van der Waals surface area contributed by atoms with Gasteiger partial charge in [-0.05, 0) is 249 Å². The fourth-order valence-electron chi connectivity index (χ4n) is 19.4. The van der Waals surface area contributed by atoms with Crippen molar-refractivity contribution >= 4 is 29.1 Å². The van der Waals surface area contributed by atoms with E-state index in [4.69, 9.17) is 4.74 Å². The predicted molar refractivity (Wildman–Crippen MR) is 355 cm³/mol. The van der Waals surface area contributed by atoms with Gasteiger partial charge in [-0.25, -0.2) is 8.78 Å². The molecular formula is C82H84F2N2O. The summed E-state index contributed by atoms with van der Waals surface area (Å²) >= 11 is 0. The normalized spacial score (nSPS) is 33.4. The molecular weight excluding hydrogens is 1070 g/mol. The highest BCUT2D eigenvalue weighted by atomic mass is 19.1. The number of hydrogen-bond donors (Lipinski definition) is 0. The van der Waals surface area contributed by atoms with Crippen LogP contribution in [0.3, 0.4) is 0 Å². The maximum absolute atomic E-state index is 15.2. The van der Waals surface area contributed by atoms with Crippen molar-refractivity contribution in [3.05, 3.63) is 267 Å². The molecule has 1 aliphatic heterocycles.